The van der Waals surface area contributed by atoms with Crippen LogP contribution in [0.1, 0.15) is 29.6 Å². The minimum absolute atomic E-state index is 0.394. The van der Waals surface area contributed by atoms with Crippen LogP contribution in [0, 0.1) is 0 Å². The topological polar surface area (TPSA) is 96.1 Å². The van der Waals surface area contributed by atoms with E-state index in [-0.39, 0.29) is 0 Å². The number of rotatable bonds is 4. The molecule has 0 radical (unpaired) electrons. The molecule has 5 rings (SSSR count). The molecule has 9 nitrogen and oxygen atoms in total. The molecule has 3 aromatic heterocycles. The van der Waals surface area contributed by atoms with Crippen LogP contribution in [0.3, 0.4) is 0 Å². The van der Waals surface area contributed by atoms with Gasteiger partial charge in [-0.2, -0.15) is 18.3 Å². The van der Waals surface area contributed by atoms with Crippen LogP contribution < -0.4 is 4.90 Å². The Morgan fingerprint density at radius 2 is 2.00 bits per heavy atom. The third kappa shape index (κ3) is 6.21. The Hall–Kier alpha value is -2.77. The Kier molecular flexibility index (Phi) is 7.63. The maximum atomic E-state index is 10.6. The third-order valence-electron chi connectivity index (χ3n) is 5.66. The van der Waals surface area contributed by atoms with Crippen molar-refractivity contribution in [1.29, 1.82) is 0 Å². The lowest BCUT2D eigenvalue weighted by molar-refractivity contribution is -0.192. The zero-order valence-corrected chi connectivity index (χ0v) is 19.1. The Morgan fingerprint density at radius 1 is 1.24 bits per heavy atom. The molecule has 0 aliphatic carbocycles. The number of aromatic nitrogens is 4. The summed E-state index contributed by atoms with van der Waals surface area (Å²) < 4.78 is 39.1. The van der Waals surface area contributed by atoms with E-state index in [1.807, 2.05) is 16.1 Å². The SMILES string of the molecule is O=C(O)C(F)(F)F.c1csc(CN2CCCC(c3nc4ccc(N5CCOCC5)cn4n3)C2)n1. The molecule has 0 bridgehead atoms. The Balaban J connectivity index is 0.000000344. The van der Waals surface area contributed by atoms with Crippen LogP contribution in [0.15, 0.2) is 29.9 Å². The highest BCUT2D eigenvalue weighted by Gasteiger charge is 2.38. The largest absolute Gasteiger partial charge is 0.490 e. The second kappa shape index (κ2) is 10.7. The second-order valence-electron chi connectivity index (χ2n) is 8.06. The number of nitrogens with zero attached hydrogens (tertiary/aromatic N) is 6. The number of carbonyl (C=O) groups is 1. The van der Waals surface area contributed by atoms with Crippen molar-refractivity contribution in [2.45, 2.75) is 31.5 Å². The van der Waals surface area contributed by atoms with Gasteiger partial charge in [0.25, 0.3) is 0 Å². The van der Waals surface area contributed by atoms with E-state index in [2.05, 4.69) is 33.1 Å². The molecule has 0 saturated carbocycles. The molecule has 2 aliphatic rings. The highest BCUT2D eigenvalue weighted by molar-refractivity contribution is 7.09. The number of hydrogen-bond donors (Lipinski definition) is 1. The van der Waals surface area contributed by atoms with E-state index in [0.717, 1.165) is 63.8 Å². The molecule has 1 N–H and O–H groups in total. The van der Waals surface area contributed by atoms with Crippen LogP contribution in [-0.2, 0) is 16.1 Å². The predicted molar refractivity (Wildman–Crippen MR) is 119 cm³/mol. The standard InChI is InChI=1S/C19H24N6OS.C2HF3O2/c1-2-15(12-23(6-1)14-18-20-5-11-27-18)19-21-17-4-3-16(13-25(17)22-19)24-7-9-26-10-8-24;3-2(4,5)1(6)7/h3-5,11,13,15H,1-2,6-10,12,14H2;(H,6,7). The van der Waals surface area contributed by atoms with Gasteiger partial charge in [-0.3, -0.25) is 4.90 Å². The first-order chi connectivity index (χ1) is 16.3. The van der Waals surface area contributed by atoms with Crippen molar-refractivity contribution in [1.82, 2.24) is 24.5 Å². The van der Waals surface area contributed by atoms with E-state index in [1.54, 1.807) is 11.3 Å². The highest BCUT2D eigenvalue weighted by atomic mass is 32.1. The number of pyridine rings is 1. The molecule has 5 heterocycles. The summed E-state index contributed by atoms with van der Waals surface area (Å²) in [6, 6.07) is 4.23. The summed E-state index contributed by atoms with van der Waals surface area (Å²) in [6.45, 7) is 6.51. The van der Waals surface area contributed by atoms with Crippen LogP contribution in [0.5, 0.6) is 0 Å². The molecule has 2 saturated heterocycles. The zero-order chi connectivity index (χ0) is 24.1. The number of ether oxygens (including phenoxy) is 1. The zero-order valence-electron chi connectivity index (χ0n) is 18.3. The van der Waals surface area contributed by atoms with Crippen molar-refractivity contribution in [3.63, 3.8) is 0 Å². The molecule has 1 atom stereocenters. The molecule has 184 valence electrons. The number of alkyl halides is 3. The number of anilines is 1. The summed E-state index contributed by atoms with van der Waals surface area (Å²) >= 11 is 1.73. The number of aliphatic carboxylic acids is 1. The average Bonchev–Trinajstić information content (AvgIpc) is 3.49. The van der Waals surface area contributed by atoms with Gasteiger partial charge in [0.1, 0.15) is 5.01 Å². The molecule has 34 heavy (non-hydrogen) atoms. The predicted octanol–water partition coefficient (Wildman–Crippen LogP) is 3.04. The van der Waals surface area contributed by atoms with Gasteiger partial charge in [-0.25, -0.2) is 19.3 Å². The summed E-state index contributed by atoms with van der Waals surface area (Å²) in [4.78, 5) is 23.0. The number of hydrogen-bond acceptors (Lipinski definition) is 8. The Bertz CT molecular complexity index is 1090. The molecule has 1 unspecified atom stereocenters. The lowest BCUT2D eigenvalue weighted by atomic mass is 9.97. The lowest BCUT2D eigenvalue weighted by Gasteiger charge is -2.30. The van der Waals surface area contributed by atoms with Gasteiger partial charge in [0.15, 0.2) is 11.5 Å². The molecule has 2 fully saturated rings. The van der Waals surface area contributed by atoms with Gasteiger partial charge in [-0.15, -0.1) is 11.3 Å². The lowest BCUT2D eigenvalue weighted by Crippen LogP contribution is -2.36. The first kappa shape index (κ1) is 24.4. The van der Waals surface area contributed by atoms with E-state index < -0.39 is 12.1 Å². The van der Waals surface area contributed by atoms with Crippen molar-refractivity contribution >= 4 is 28.6 Å². The van der Waals surface area contributed by atoms with Gasteiger partial charge in [-0.05, 0) is 31.5 Å². The van der Waals surface area contributed by atoms with Gasteiger partial charge in [0.2, 0.25) is 0 Å². The van der Waals surface area contributed by atoms with Crippen LogP contribution in [0.4, 0.5) is 18.9 Å². The normalized spacial score (nSPS) is 19.6. The van der Waals surface area contributed by atoms with Crippen molar-refractivity contribution in [3.05, 3.63) is 40.7 Å². The van der Waals surface area contributed by atoms with Crippen LogP contribution in [0.2, 0.25) is 0 Å². The van der Waals surface area contributed by atoms with Gasteiger partial charge >= 0.3 is 12.1 Å². The number of likely N-dealkylation sites (tertiary alicyclic amines) is 1. The number of carboxylic acid groups (broad SMARTS) is 1. The number of morpholine rings is 1. The fourth-order valence-electron chi connectivity index (χ4n) is 4.00. The number of carboxylic acids is 1. The van der Waals surface area contributed by atoms with Crippen molar-refractivity contribution in [2.24, 2.45) is 0 Å². The molecule has 0 amide bonds. The smallest absolute Gasteiger partial charge is 0.475 e. The first-order valence-corrected chi connectivity index (χ1v) is 11.8. The number of halogens is 3. The highest BCUT2D eigenvalue weighted by Crippen LogP contribution is 2.27. The van der Waals surface area contributed by atoms with Gasteiger partial charge < -0.3 is 14.7 Å². The fraction of sp³-hybridized carbons (Fsp3) is 0.524. The second-order valence-corrected chi connectivity index (χ2v) is 9.04. The Morgan fingerprint density at radius 3 is 2.68 bits per heavy atom. The fourth-order valence-corrected chi connectivity index (χ4v) is 4.66. The molecule has 0 aromatic carbocycles. The van der Waals surface area contributed by atoms with Crippen LogP contribution >= 0.6 is 11.3 Å². The third-order valence-corrected chi connectivity index (χ3v) is 6.43. The van der Waals surface area contributed by atoms with E-state index in [4.69, 9.17) is 24.7 Å². The minimum Gasteiger partial charge on any atom is -0.475 e. The quantitative estimate of drug-likeness (QED) is 0.587. The summed E-state index contributed by atoms with van der Waals surface area (Å²) in [7, 11) is 0. The van der Waals surface area contributed by atoms with E-state index in [0.29, 0.717) is 5.92 Å². The Labute approximate surface area is 197 Å². The summed E-state index contributed by atoms with van der Waals surface area (Å²) in [5, 5.41) is 15.2. The van der Waals surface area contributed by atoms with E-state index >= 15 is 0 Å². The average molecular weight is 499 g/mol. The van der Waals surface area contributed by atoms with E-state index in [9.17, 15) is 13.2 Å². The van der Waals surface area contributed by atoms with Crippen LogP contribution in [-0.4, -0.2) is 81.1 Å². The van der Waals surface area contributed by atoms with Crippen molar-refractivity contribution in [3.8, 4) is 0 Å². The number of fused-ring (bicyclic) bond motifs is 1. The monoisotopic (exact) mass is 498 g/mol. The van der Waals surface area contributed by atoms with Crippen molar-refractivity contribution < 1.29 is 27.8 Å². The molecule has 0 spiro atoms. The van der Waals surface area contributed by atoms with Gasteiger partial charge in [0.05, 0.1) is 31.6 Å². The van der Waals surface area contributed by atoms with E-state index in [1.165, 1.54) is 17.1 Å². The maximum absolute atomic E-state index is 10.6. The molecular weight excluding hydrogens is 473 g/mol. The number of piperidine rings is 1. The molecule has 13 heteroatoms. The van der Waals surface area contributed by atoms with Gasteiger partial charge in [0, 0.05) is 37.1 Å². The summed E-state index contributed by atoms with van der Waals surface area (Å²) in [5.41, 5.74) is 2.12. The summed E-state index contributed by atoms with van der Waals surface area (Å²) in [6.07, 6.45) is 1.25. The summed E-state index contributed by atoms with van der Waals surface area (Å²) in [5.74, 6) is -1.39. The minimum atomic E-state index is -5.08. The maximum Gasteiger partial charge on any atom is 0.490 e. The van der Waals surface area contributed by atoms with Gasteiger partial charge in [-0.1, -0.05) is 0 Å². The molecule has 2 aliphatic heterocycles. The van der Waals surface area contributed by atoms with Crippen LogP contribution in [0.25, 0.3) is 5.65 Å². The molecule has 3 aromatic rings. The number of thiazole rings is 1. The molecular formula is C21H25F3N6O3S. The first-order valence-electron chi connectivity index (χ1n) is 10.9. The van der Waals surface area contributed by atoms with Crippen molar-refractivity contribution in [2.75, 3.05) is 44.3 Å².